The van der Waals surface area contributed by atoms with E-state index in [1.165, 1.54) is 0 Å². The Morgan fingerprint density at radius 3 is 2.57 bits per heavy atom. The van der Waals surface area contributed by atoms with Crippen molar-refractivity contribution < 1.29 is 4.74 Å². The first-order valence-corrected chi connectivity index (χ1v) is 8.96. The van der Waals surface area contributed by atoms with Gasteiger partial charge in [0.25, 0.3) is 0 Å². The first-order valence-electron chi connectivity index (χ1n) is 7.74. The molecule has 0 bridgehead atoms. The van der Waals surface area contributed by atoms with Crippen molar-refractivity contribution >= 4 is 17.6 Å². The van der Waals surface area contributed by atoms with Crippen molar-refractivity contribution in [3.05, 3.63) is 29.8 Å². The summed E-state index contributed by atoms with van der Waals surface area (Å²) in [5.74, 6) is 1.63. The van der Waals surface area contributed by atoms with E-state index in [1.54, 1.807) is 24.2 Å². The van der Waals surface area contributed by atoms with Crippen molar-refractivity contribution in [2.45, 2.75) is 37.9 Å². The molecule has 122 valence electrons. The van der Waals surface area contributed by atoms with Crippen LogP contribution in [0.5, 0.6) is 5.88 Å². The maximum atomic E-state index is 5.95. The van der Waals surface area contributed by atoms with Gasteiger partial charge >= 0.3 is 0 Å². The quantitative estimate of drug-likeness (QED) is 0.630. The molecule has 23 heavy (non-hydrogen) atoms. The average Bonchev–Trinajstić information content (AvgIpc) is 2.55. The third-order valence-electron chi connectivity index (χ3n) is 3.79. The van der Waals surface area contributed by atoms with Crippen molar-refractivity contribution in [1.82, 2.24) is 19.9 Å². The number of piperidine rings is 1. The van der Waals surface area contributed by atoms with Gasteiger partial charge in [0.2, 0.25) is 5.88 Å². The molecule has 0 aliphatic carbocycles. The van der Waals surface area contributed by atoms with Crippen molar-refractivity contribution in [1.29, 1.82) is 0 Å². The van der Waals surface area contributed by atoms with Crippen LogP contribution in [0.2, 0.25) is 0 Å². The number of aromatic nitrogens is 4. The molecule has 0 aromatic carbocycles. The predicted molar refractivity (Wildman–Crippen MR) is 91.2 cm³/mol. The van der Waals surface area contributed by atoms with Crippen molar-refractivity contribution in [3.63, 3.8) is 0 Å². The minimum Gasteiger partial charge on any atom is -0.473 e. The van der Waals surface area contributed by atoms with E-state index in [2.05, 4.69) is 24.8 Å². The first kappa shape index (κ1) is 16.0. The van der Waals surface area contributed by atoms with Crippen molar-refractivity contribution in [3.8, 4) is 5.88 Å². The Morgan fingerprint density at radius 2 is 1.87 bits per heavy atom. The van der Waals surface area contributed by atoms with Gasteiger partial charge in [-0.15, -0.1) is 0 Å². The molecule has 0 N–H and O–H groups in total. The largest absolute Gasteiger partial charge is 0.473 e. The van der Waals surface area contributed by atoms with Gasteiger partial charge in [0.1, 0.15) is 11.9 Å². The van der Waals surface area contributed by atoms with E-state index in [4.69, 9.17) is 4.74 Å². The summed E-state index contributed by atoms with van der Waals surface area (Å²) in [5, 5.41) is 0.827. The van der Waals surface area contributed by atoms with Gasteiger partial charge in [0.05, 0.1) is 11.9 Å². The Hall–Kier alpha value is -1.89. The monoisotopic (exact) mass is 331 g/mol. The lowest BCUT2D eigenvalue weighted by Crippen LogP contribution is -2.39. The number of hydrogen-bond acceptors (Lipinski definition) is 7. The molecule has 0 saturated carbocycles. The Kier molecular flexibility index (Phi) is 4.95. The Bertz CT molecular complexity index is 673. The molecule has 7 heteroatoms. The summed E-state index contributed by atoms with van der Waals surface area (Å²) in [6.07, 6.45) is 7.50. The fourth-order valence-corrected chi connectivity index (χ4v) is 3.07. The lowest BCUT2D eigenvalue weighted by atomic mass is 10.1. The maximum absolute atomic E-state index is 5.95. The molecule has 3 heterocycles. The van der Waals surface area contributed by atoms with Crippen LogP contribution in [0, 0.1) is 13.8 Å². The van der Waals surface area contributed by atoms with E-state index in [1.807, 2.05) is 26.2 Å². The van der Waals surface area contributed by atoms with E-state index in [-0.39, 0.29) is 6.10 Å². The zero-order valence-corrected chi connectivity index (χ0v) is 14.5. The fraction of sp³-hybridized carbons (Fsp3) is 0.500. The number of aryl methyl sites for hydroxylation is 2. The molecule has 1 fully saturated rings. The van der Waals surface area contributed by atoms with Gasteiger partial charge in [-0.05, 0) is 20.1 Å². The van der Waals surface area contributed by atoms with Crippen LogP contribution in [0.1, 0.15) is 24.2 Å². The zero-order chi connectivity index (χ0) is 16.2. The second kappa shape index (κ2) is 7.12. The third-order valence-corrected chi connectivity index (χ3v) is 4.34. The minimum absolute atomic E-state index is 0.185. The molecule has 0 unspecified atom stereocenters. The van der Waals surface area contributed by atoms with E-state index in [9.17, 15) is 0 Å². The number of thioether (sulfide) groups is 1. The Labute approximate surface area is 140 Å². The molecule has 3 rings (SSSR count). The molecule has 0 atom stereocenters. The third kappa shape index (κ3) is 4.10. The highest BCUT2D eigenvalue weighted by molar-refractivity contribution is 7.98. The minimum atomic E-state index is 0.185. The molecule has 0 amide bonds. The topological polar surface area (TPSA) is 64.0 Å². The second-order valence-electron chi connectivity index (χ2n) is 5.66. The lowest BCUT2D eigenvalue weighted by Gasteiger charge is -2.32. The molecule has 0 spiro atoms. The van der Waals surface area contributed by atoms with Crippen molar-refractivity contribution in [2.75, 3.05) is 24.2 Å². The first-order chi connectivity index (χ1) is 11.1. The van der Waals surface area contributed by atoms with Gasteiger partial charge < -0.3 is 9.64 Å². The van der Waals surface area contributed by atoms with Crippen LogP contribution in [0.25, 0.3) is 0 Å². The van der Waals surface area contributed by atoms with Gasteiger partial charge in [-0.1, -0.05) is 11.8 Å². The second-order valence-corrected chi connectivity index (χ2v) is 6.43. The number of nitrogens with zero attached hydrogens (tertiary/aromatic N) is 5. The summed E-state index contributed by atoms with van der Waals surface area (Å²) in [4.78, 5) is 19.8. The smallest absolute Gasteiger partial charge is 0.232 e. The summed E-state index contributed by atoms with van der Waals surface area (Å²) >= 11 is 1.58. The van der Waals surface area contributed by atoms with Crippen LogP contribution >= 0.6 is 11.8 Å². The molecule has 6 nitrogen and oxygen atoms in total. The Morgan fingerprint density at radius 1 is 1.09 bits per heavy atom. The highest BCUT2D eigenvalue weighted by atomic mass is 32.2. The molecular formula is C16H21N5OS. The SMILES string of the molecule is CSc1nc(C)cc(N2CCC(Oc3cncc(C)n3)CC2)n1. The standard InChI is InChI=1S/C16H21N5OS/c1-11-8-14(20-16(19-11)23-3)21-6-4-13(5-7-21)22-15-10-17-9-12(2)18-15/h8-10,13H,4-7H2,1-3H3. The van der Waals surface area contributed by atoms with Crippen LogP contribution in [-0.2, 0) is 0 Å². The van der Waals surface area contributed by atoms with Crippen LogP contribution in [0.4, 0.5) is 5.82 Å². The van der Waals surface area contributed by atoms with E-state index in [0.29, 0.717) is 5.88 Å². The number of hydrogen-bond donors (Lipinski definition) is 0. The summed E-state index contributed by atoms with van der Waals surface area (Å²) < 4.78 is 5.95. The number of ether oxygens (including phenoxy) is 1. The van der Waals surface area contributed by atoms with Gasteiger partial charge in [0.15, 0.2) is 5.16 Å². The highest BCUT2D eigenvalue weighted by Gasteiger charge is 2.22. The van der Waals surface area contributed by atoms with Crippen LogP contribution in [0.15, 0.2) is 23.6 Å². The summed E-state index contributed by atoms with van der Waals surface area (Å²) in [6.45, 7) is 5.78. The summed E-state index contributed by atoms with van der Waals surface area (Å²) in [6, 6.07) is 2.05. The maximum Gasteiger partial charge on any atom is 0.232 e. The average molecular weight is 331 g/mol. The van der Waals surface area contributed by atoms with Crippen LogP contribution in [0.3, 0.4) is 0 Å². The van der Waals surface area contributed by atoms with Crippen LogP contribution < -0.4 is 9.64 Å². The predicted octanol–water partition coefficient (Wildman–Crippen LogP) is 2.65. The van der Waals surface area contributed by atoms with Gasteiger partial charge in [-0.2, -0.15) is 0 Å². The van der Waals surface area contributed by atoms with Crippen LogP contribution in [-0.4, -0.2) is 45.4 Å². The molecule has 2 aromatic rings. The van der Waals surface area contributed by atoms with Crippen molar-refractivity contribution in [2.24, 2.45) is 0 Å². The molecule has 1 aliphatic rings. The van der Waals surface area contributed by atoms with E-state index in [0.717, 1.165) is 48.3 Å². The molecule has 1 saturated heterocycles. The van der Waals surface area contributed by atoms with E-state index < -0.39 is 0 Å². The Balaban J connectivity index is 1.61. The van der Waals surface area contributed by atoms with Gasteiger partial charge in [-0.25, -0.2) is 15.0 Å². The zero-order valence-electron chi connectivity index (χ0n) is 13.7. The summed E-state index contributed by atoms with van der Waals surface area (Å²) in [5.41, 5.74) is 1.88. The molecule has 1 aliphatic heterocycles. The normalized spacial score (nSPS) is 15.7. The highest BCUT2D eigenvalue weighted by Crippen LogP contribution is 2.23. The van der Waals surface area contributed by atoms with E-state index >= 15 is 0 Å². The van der Waals surface area contributed by atoms with Gasteiger partial charge in [-0.3, -0.25) is 4.98 Å². The number of rotatable bonds is 4. The number of anilines is 1. The fourth-order valence-electron chi connectivity index (χ4n) is 2.65. The lowest BCUT2D eigenvalue weighted by molar-refractivity contribution is 0.163. The molecular weight excluding hydrogens is 310 g/mol. The molecule has 0 radical (unpaired) electrons. The summed E-state index contributed by atoms with van der Waals surface area (Å²) in [7, 11) is 0. The molecule has 2 aromatic heterocycles. The van der Waals surface area contributed by atoms with Gasteiger partial charge in [0, 0.05) is 43.9 Å².